The van der Waals surface area contributed by atoms with E-state index >= 15 is 0 Å². The third kappa shape index (κ3) is 40.7. The van der Waals surface area contributed by atoms with Crippen LogP contribution in [0.2, 0.25) is 0 Å². The average Bonchev–Trinajstić information content (AvgIpc) is 3.18. The zero-order valence-corrected chi connectivity index (χ0v) is 35.5. The predicted octanol–water partition coefficient (Wildman–Crippen LogP) is 14.5. The molecule has 0 aliphatic rings. The van der Waals surface area contributed by atoms with Gasteiger partial charge in [0.2, 0.25) is 5.91 Å². The first kappa shape index (κ1) is 51.6. The van der Waals surface area contributed by atoms with E-state index < -0.39 is 12.1 Å². The Kier molecular flexibility index (Phi) is 42.9. The number of hydrogen-bond donors (Lipinski definition) is 3. The van der Waals surface area contributed by atoms with Crippen LogP contribution in [0.15, 0.2) is 85.1 Å². The minimum absolute atomic E-state index is 0.0412. The molecule has 0 heterocycles. The Labute approximate surface area is 335 Å². The summed E-state index contributed by atoms with van der Waals surface area (Å²) in [6, 6.07) is -0.540. The lowest BCUT2D eigenvalue weighted by Crippen LogP contribution is -2.45. The Morgan fingerprint density at radius 3 is 1.22 bits per heavy atom. The largest absolute Gasteiger partial charge is 0.394 e. The van der Waals surface area contributed by atoms with E-state index in [1.54, 1.807) is 0 Å². The highest BCUT2D eigenvalue weighted by Gasteiger charge is 2.19. The van der Waals surface area contributed by atoms with Gasteiger partial charge in [0.25, 0.3) is 0 Å². The van der Waals surface area contributed by atoms with Crippen molar-refractivity contribution in [3.63, 3.8) is 0 Å². The summed E-state index contributed by atoms with van der Waals surface area (Å²) >= 11 is 0. The number of aliphatic hydroxyl groups is 2. The van der Waals surface area contributed by atoms with Gasteiger partial charge < -0.3 is 15.5 Å². The van der Waals surface area contributed by atoms with Gasteiger partial charge in [-0.3, -0.25) is 4.79 Å². The number of carbonyl (C=O) groups is 1. The highest BCUT2D eigenvalue weighted by Crippen LogP contribution is 2.15. The summed E-state index contributed by atoms with van der Waals surface area (Å²) in [5.41, 5.74) is 0. The number of amides is 1. The van der Waals surface area contributed by atoms with Crippen molar-refractivity contribution in [2.24, 2.45) is 0 Å². The second kappa shape index (κ2) is 45.0. The van der Waals surface area contributed by atoms with E-state index in [0.29, 0.717) is 12.8 Å². The summed E-state index contributed by atoms with van der Waals surface area (Å²) in [5.74, 6) is -0.0412. The molecule has 0 aromatic carbocycles. The third-order valence-corrected chi connectivity index (χ3v) is 9.92. The van der Waals surface area contributed by atoms with Gasteiger partial charge in [0.15, 0.2) is 0 Å². The average molecular weight is 750 g/mol. The van der Waals surface area contributed by atoms with Crippen LogP contribution in [0.4, 0.5) is 0 Å². The van der Waals surface area contributed by atoms with Gasteiger partial charge in [-0.15, -0.1) is 0 Å². The number of rotatable bonds is 40. The second-order valence-electron chi connectivity index (χ2n) is 15.1. The molecule has 4 nitrogen and oxygen atoms in total. The molecule has 2 atom stereocenters. The molecule has 0 spiro atoms. The number of allylic oxidation sites excluding steroid dienone is 14. The fourth-order valence-electron chi connectivity index (χ4n) is 6.46. The van der Waals surface area contributed by atoms with Gasteiger partial charge in [-0.05, 0) is 70.6 Å². The topological polar surface area (TPSA) is 69.6 Å². The van der Waals surface area contributed by atoms with Crippen LogP contribution in [0, 0.1) is 0 Å². The van der Waals surface area contributed by atoms with Crippen molar-refractivity contribution >= 4 is 5.91 Å². The molecule has 0 bridgehead atoms. The first-order valence-corrected chi connectivity index (χ1v) is 22.8. The van der Waals surface area contributed by atoms with Crippen LogP contribution in [0.25, 0.3) is 0 Å². The van der Waals surface area contributed by atoms with Crippen molar-refractivity contribution in [2.75, 3.05) is 6.61 Å². The summed E-state index contributed by atoms with van der Waals surface area (Å²) in [5, 5.41) is 23.0. The van der Waals surface area contributed by atoms with Gasteiger partial charge in [0.1, 0.15) is 0 Å². The fraction of sp³-hybridized carbons (Fsp3) is 0.700. The number of unbranched alkanes of at least 4 members (excludes halogenated alkanes) is 19. The van der Waals surface area contributed by atoms with Crippen LogP contribution in [-0.4, -0.2) is 34.9 Å². The molecule has 3 N–H and O–H groups in total. The quantitative estimate of drug-likeness (QED) is 0.0431. The molecule has 0 aliphatic heterocycles. The Hall–Kier alpha value is -2.43. The van der Waals surface area contributed by atoms with Crippen molar-refractivity contribution in [3.8, 4) is 0 Å². The molecule has 0 saturated heterocycles. The third-order valence-electron chi connectivity index (χ3n) is 9.92. The molecular formula is C50H87NO3. The fourth-order valence-corrected chi connectivity index (χ4v) is 6.46. The summed E-state index contributed by atoms with van der Waals surface area (Å²) in [4.78, 5) is 12.4. The van der Waals surface area contributed by atoms with Crippen LogP contribution in [0.5, 0.6) is 0 Å². The van der Waals surface area contributed by atoms with Crippen molar-refractivity contribution in [2.45, 2.75) is 219 Å². The highest BCUT2D eigenvalue weighted by molar-refractivity contribution is 5.76. The molecule has 0 aromatic heterocycles. The van der Waals surface area contributed by atoms with Crippen LogP contribution >= 0.6 is 0 Å². The Bertz CT molecular complexity index is 988. The van der Waals surface area contributed by atoms with Gasteiger partial charge in [-0.1, -0.05) is 214 Å². The molecule has 310 valence electrons. The van der Waals surface area contributed by atoms with Crippen molar-refractivity contribution in [3.05, 3.63) is 85.1 Å². The zero-order valence-electron chi connectivity index (χ0n) is 35.5. The van der Waals surface area contributed by atoms with Gasteiger partial charge in [0, 0.05) is 6.42 Å². The monoisotopic (exact) mass is 750 g/mol. The van der Waals surface area contributed by atoms with Gasteiger partial charge in [-0.2, -0.15) is 0 Å². The number of carbonyl (C=O) groups excluding carboxylic acids is 1. The van der Waals surface area contributed by atoms with Crippen LogP contribution in [-0.2, 0) is 4.79 Å². The lowest BCUT2D eigenvalue weighted by Gasteiger charge is -2.22. The van der Waals surface area contributed by atoms with E-state index in [2.05, 4.69) is 104 Å². The van der Waals surface area contributed by atoms with Crippen LogP contribution in [0.3, 0.4) is 0 Å². The Balaban J connectivity index is 3.54. The standard InChI is InChI=1S/C50H87NO3/c1-3-5-7-9-11-13-14-15-16-17-18-19-20-21-22-23-24-25-26-27-28-29-30-31-32-33-34-35-36-38-40-42-44-46-50(54)51-48(47-52)49(53)45-43-41-39-37-12-10-8-6-4-2/h5,7,11,13,15-16,18-19,21-22,24-25,27-28,48-49,52-53H,3-4,6,8-10,12,14,17,20,23,26,29-47H2,1-2H3,(H,51,54)/b7-5-,13-11-,16-15-,19-18-,22-21-,25-24-,28-27-. The minimum atomic E-state index is -0.662. The maximum Gasteiger partial charge on any atom is 0.220 e. The molecule has 0 aromatic rings. The Morgan fingerprint density at radius 2 is 0.815 bits per heavy atom. The van der Waals surface area contributed by atoms with E-state index in [1.807, 2.05) is 0 Å². The smallest absolute Gasteiger partial charge is 0.220 e. The lowest BCUT2D eigenvalue weighted by molar-refractivity contribution is -0.123. The van der Waals surface area contributed by atoms with Crippen LogP contribution < -0.4 is 5.32 Å². The summed E-state index contributed by atoms with van der Waals surface area (Å²) in [6.45, 7) is 4.21. The predicted molar refractivity (Wildman–Crippen MR) is 239 cm³/mol. The van der Waals surface area contributed by atoms with E-state index in [4.69, 9.17) is 0 Å². The summed E-state index contributed by atoms with van der Waals surface area (Å²) in [7, 11) is 0. The first-order valence-electron chi connectivity index (χ1n) is 22.8. The van der Waals surface area contributed by atoms with Crippen molar-refractivity contribution in [1.82, 2.24) is 5.32 Å². The molecule has 0 radical (unpaired) electrons. The zero-order chi connectivity index (χ0) is 39.3. The van der Waals surface area contributed by atoms with E-state index in [-0.39, 0.29) is 12.5 Å². The maximum absolute atomic E-state index is 12.4. The van der Waals surface area contributed by atoms with E-state index in [9.17, 15) is 15.0 Å². The lowest BCUT2D eigenvalue weighted by atomic mass is 10.0. The second-order valence-corrected chi connectivity index (χ2v) is 15.1. The summed E-state index contributed by atoms with van der Waals surface area (Å²) in [6.07, 6.45) is 65.3. The number of hydrogen-bond acceptors (Lipinski definition) is 3. The molecular weight excluding hydrogens is 663 g/mol. The summed E-state index contributed by atoms with van der Waals surface area (Å²) < 4.78 is 0. The van der Waals surface area contributed by atoms with Crippen molar-refractivity contribution in [1.29, 1.82) is 0 Å². The normalized spacial score (nSPS) is 13.8. The van der Waals surface area contributed by atoms with Gasteiger partial charge in [0.05, 0.1) is 18.8 Å². The molecule has 54 heavy (non-hydrogen) atoms. The molecule has 0 saturated carbocycles. The molecule has 0 fully saturated rings. The maximum atomic E-state index is 12.4. The van der Waals surface area contributed by atoms with E-state index in [1.165, 1.54) is 109 Å². The molecule has 0 rings (SSSR count). The van der Waals surface area contributed by atoms with E-state index in [0.717, 1.165) is 70.6 Å². The van der Waals surface area contributed by atoms with Crippen LogP contribution in [0.1, 0.15) is 206 Å². The number of aliphatic hydroxyl groups excluding tert-OH is 2. The van der Waals surface area contributed by atoms with Gasteiger partial charge >= 0.3 is 0 Å². The Morgan fingerprint density at radius 1 is 0.463 bits per heavy atom. The first-order chi connectivity index (χ1) is 26.7. The molecule has 0 aliphatic carbocycles. The minimum Gasteiger partial charge on any atom is -0.394 e. The molecule has 2 unspecified atom stereocenters. The number of nitrogens with one attached hydrogen (secondary N) is 1. The molecule has 4 heteroatoms. The SMILES string of the molecule is CC/C=C\C/C=C\C/C=C\C/C=C\C/C=C\C/C=C\C/C=C\CCCCCCCCCCCCCC(=O)NC(CO)C(O)CCCCCCCCCCC. The van der Waals surface area contributed by atoms with Gasteiger partial charge in [-0.25, -0.2) is 0 Å². The molecule has 1 amide bonds. The van der Waals surface area contributed by atoms with Crippen molar-refractivity contribution < 1.29 is 15.0 Å². The highest BCUT2D eigenvalue weighted by atomic mass is 16.3.